The lowest BCUT2D eigenvalue weighted by molar-refractivity contribution is -0.154. The molecule has 2 amide bonds. The monoisotopic (exact) mass is 1440 g/mol. The number of carbonyl (C=O) groups excluding carboxylic acids is 2. The SMILES string of the molecule is COc1ccc([C@@]23Oc4cc(OC)cc(OC)c4[C@]2(O)[C@H](O)[C@H](C(=O)NCCCCCCCCCCCCCCCCCCCCCCCCCCCCCCCCCCCNC(=O)[C@H]2[C@@H](O)[C@@]4(O)c5c(OC)cc(OC)cc5O[C@@]4(c4ccc(OC)cc4)[C@@H]2c2ccccc2)[C@H]3c2ccccc2)cc1. The predicted octanol–water partition coefficient (Wildman–Crippen LogP) is 18.0. The number of unbranched alkanes of at least 4 members (excludes halogenated alkanes) is 32. The Balaban J connectivity index is 0.499. The summed E-state index contributed by atoms with van der Waals surface area (Å²) in [4.78, 5) is 29.0. The number of benzene rings is 6. The van der Waals surface area contributed by atoms with Crippen LogP contribution in [0.25, 0.3) is 0 Å². The van der Waals surface area contributed by atoms with E-state index in [1.165, 1.54) is 188 Å². The zero-order chi connectivity index (χ0) is 74.1. The van der Waals surface area contributed by atoms with Crippen LogP contribution in [0, 0.1) is 11.8 Å². The van der Waals surface area contributed by atoms with Crippen LogP contribution in [-0.4, -0.2) is 100 Å². The molecule has 10 rings (SSSR count). The molecule has 2 aliphatic carbocycles. The second-order valence-electron chi connectivity index (χ2n) is 30.0. The van der Waals surface area contributed by atoms with Crippen LogP contribution in [0.1, 0.15) is 257 Å². The van der Waals surface area contributed by atoms with Gasteiger partial charge in [0.1, 0.15) is 58.2 Å². The zero-order valence-corrected chi connectivity index (χ0v) is 63.8. The van der Waals surface area contributed by atoms with Crippen molar-refractivity contribution in [1.29, 1.82) is 0 Å². The molecule has 6 aromatic rings. The normalized spacial score (nSPS) is 23.1. The average molecular weight is 1440 g/mol. The van der Waals surface area contributed by atoms with Gasteiger partial charge in [0.05, 0.1) is 65.6 Å². The van der Waals surface area contributed by atoms with Crippen LogP contribution in [0.4, 0.5) is 0 Å². The maximum Gasteiger partial charge on any atom is 0.226 e. The van der Waals surface area contributed by atoms with Gasteiger partial charge in [-0.15, -0.1) is 0 Å². The summed E-state index contributed by atoms with van der Waals surface area (Å²) in [6.07, 6.45) is 38.9. The minimum Gasteiger partial charge on any atom is -0.497 e. The third-order valence-corrected chi connectivity index (χ3v) is 23.5. The van der Waals surface area contributed by atoms with Crippen molar-refractivity contribution in [2.45, 2.75) is 258 Å². The molecule has 105 heavy (non-hydrogen) atoms. The van der Waals surface area contributed by atoms with E-state index in [0.717, 1.165) is 49.7 Å². The van der Waals surface area contributed by atoms with Crippen LogP contribution >= 0.6 is 0 Å². The van der Waals surface area contributed by atoms with Crippen LogP contribution in [-0.2, 0) is 32.0 Å². The topological polar surface area (TPSA) is 213 Å². The number of hydrogen-bond donors (Lipinski definition) is 6. The van der Waals surface area contributed by atoms with Gasteiger partial charge in [-0.25, -0.2) is 0 Å². The predicted molar refractivity (Wildman–Crippen MR) is 413 cm³/mol. The molecule has 0 bridgehead atoms. The molecular formula is C89H122N2O14. The fourth-order valence-electron chi connectivity index (χ4n) is 18.0. The number of carbonyl (C=O) groups is 2. The van der Waals surface area contributed by atoms with E-state index < -0.39 is 58.3 Å². The van der Waals surface area contributed by atoms with E-state index in [1.54, 1.807) is 77.0 Å². The van der Waals surface area contributed by atoms with Crippen molar-refractivity contribution >= 4 is 11.8 Å². The molecule has 16 heteroatoms. The van der Waals surface area contributed by atoms with Crippen LogP contribution in [0.5, 0.6) is 46.0 Å². The Morgan fingerprint density at radius 3 is 0.848 bits per heavy atom. The third-order valence-electron chi connectivity index (χ3n) is 23.5. The Morgan fingerprint density at radius 1 is 0.343 bits per heavy atom. The van der Waals surface area contributed by atoms with Gasteiger partial charge in [0, 0.05) is 49.2 Å². The van der Waals surface area contributed by atoms with Crippen LogP contribution in [0.15, 0.2) is 133 Å². The summed E-state index contributed by atoms with van der Waals surface area (Å²) < 4.78 is 47.8. The number of fused-ring (bicyclic) bond motifs is 6. The highest BCUT2D eigenvalue weighted by Gasteiger charge is 2.79. The molecule has 0 spiro atoms. The Labute approximate surface area is 626 Å². The van der Waals surface area contributed by atoms with E-state index in [4.69, 9.17) is 37.9 Å². The van der Waals surface area contributed by atoms with E-state index in [0.29, 0.717) is 70.2 Å². The van der Waals surface area contributed by atoms with E-state index in [-0.39, 0.29) is 22.9 Å². The fraction of sp³-hybridized carbons (Fsp3) is 0.573. The molecular weight excluding hydrogens is 1320 g/mol. The van der Waals surface area contributed by atoms with Crippen LogP contribution in [0.3, 0.4) is 0 Å². The standard InChI is InChI=1S/C89H122N2O14/c1-98-68-54-50-66(51-55-68)88-78(64-46-40-38-41-47-64)76(82(92)86(88,96)80-72(102-5)60-70(100-3)62-74(80)104-88)84(94)90-58-44-36-34-32-30-28-26-24-22-20-18-16-14-12-10-8-7-9-11-13-15-17-19-21-23-25-27-29-31-33-35-37-45-59-91-85(95)77-79(65-48-42-39-43-49-65)89(67-52-56-69(99-2)57-53-67)87(97,83(77)93)81-73(103-6)61-71(101-4)63-75(81)105-89/h38-43,46-57,60-63,76-79,82-83,92-93,96-97H,7-37,44-45,58-59H2,1-6H3,(H,90,94)(H,91,95)/t76-,77-,78-,79-,82-,83-,86+,87+,88+,89+/m1/s1. The summed E-state index contributed by atoms with van der Waals surface area (Å²) >= 11 is 0. The summed E-state index contributed by atoms with van der Waals surface area (Å²) in [5, 5.41) is 57.9. The molecule has 2 saturated carbocycles. The van der Waals surface area contributed by atoms with Gasteiger partial charge < -0.3 is 69.0 Å². The fourth-order valence-corrected chi connectivity index (χ4v) is 18.0. The van der Waals surface area contributed by atoms with Crippen molar-refractivity contribution in [2.24, 2.45) is 11.8 Å². The lowest BCUT2D eigenvalue weighted by atomic mass is 9.70. The molecule has 6 N–H and O–H groups in total. The maximum atomic E-state index is 14.5. The Hall–Kier alpha value is -7.50. The van der Waals surface area contributed by atoms with Crippen molar-refractivity contribution in [1.82, 2.24) is 10.6 Å². The van der Waals surface area contributed by atoms with Crippen LogP contribution < -0.4 is 48.5 Å². The van der Waals surface area contributed by atoms with Crippen molar-refractivity contribution in [3.05, 3.63) is 167 Å². The molecule has 572 valence electrons. The zero-order valence-electron chi connectivity index (χ0n) is 63.8. The molecule has 2 fully saturated rings. The minimum atomic E-state index is -2.09. The first-order valence-corrected chi connectivity index (χ1v) is 40.0. The van der Waals surface area contributed by atoms with Crippen molar-refractivity contribution < 1.29 is 67.9 Å². The average Bonchev–Trinajstić information content (AvgIpc) is 1.50. The number of hydrogen-bond acceptors (Lipinski definition) is 14. The van der Waals surface area contributed by atoms with Gasteiger partial charge in [0.15, 0.2) is 22.4 Å². The number of methoxy groups -OCH3 is 6. The van der Waals surface area contributed by atoms with Crippen molar-refractivity contribution in [3.8, 4) is 46.0 Å². The number of ether oxygens (including phenoxy) is 8. The summed E-state index contributed by atoms with van der Waals surface area (Å²) in [5.41, 5.74) is -4.16. The molecule has 16 nitrogen and oxygen atoms in total. The molecule has 6 aromatic carbocycles. The van der Waals surface area contributed by atoms with Crippen molar-refractivity contribution in [3.63, 3.8) is 0 Å². The molecule has 0 saturated heterocycles. The lowest BCUT2D eigenvalue weighted by Gasteiger charge is -2.40. The van der Waals surface area contributed by atoms with Gasteiger partial charge in [0.2, 0.25) is 11.8 Å². The molecule has 10 atom stereocenters. The minimum absolute atomic E-state index is 0.282. The van der Waals surface area contributed by atoms with Crippen molar-refractivity contribution in [2.75, 3.05) is 55.7 Å². The van der Waals surface area contributed by atoms with E-state index in [9.17, 15) is 30.0 Å². The highest BCUT2D eigenvalue weighted by molar-refractivity contribution is 5.84. The molecule has 2 aliphatic heterocycles. The summed E-state index contributed by atoms with van der Waals surface area (Å²) in [6.45, 7) is 0.955. The Bertz CT molecular complexity index is 3380. The summed E-state index contributed by atoms with van der Waals surface area (Å²) in [5.74, 6) is -0.934. The summed E-state index contributed by atoms with van der Waals surface area (Å²) in [7, 11) is 9.30. The highest BCUT2D eigenvalue weighted by Crippen LogP contribution is 2.72. The van der Waals surface area contributed by atoms with Gasteiger partial charge in [-0.05, 0) is 59.4 Å². The molecule has 0 aromatic heterocycles. The first-order chi connectivity index (χ1) is 51.3. The number of aliphatic hydroxyl groups is 4. The van der Waals surface area contributed by atoms with E-state index in [2.05, 4.69) is 10.6 Å². The molecule has 0 unspecified atom stereocenters. The first kappa shape index (κ1) is 80.0. The van der Waals surface area contributed by atoms with Gasteiger partial charge in [-0.3, -0.25) is 9.59 Å². The number of nitrogens with one attached hydrogen (secondary N) is 2. The first-order valence-electron chi connectivity index (χ1n) is 40.0. The largest absolute Gasteiger partial charge is 0.497 e. The van der Waals surface area contributed by atoms with Gasteiger partial charge in [0.25, 0.3) is 0 Å². The quantitative estimate of drug-likeness (QED) is 0.0196. The molecule has 4 aliphatic rings. The number of aliphatic hydroxyl groups excluding tert-OH is 2. The smallest absolute Gasteiger partial charge is 0.226 e. The maximum absolute atomic E-state index is 14.5. The van der Waals surface area contributed by atoms with Crippen LogP contribution in [0.2, 0.25) is 0 Å². The van der Waals surface area contributed by atoms with Gasteiger partial charge in [-0.1, -0.05) is 284 Å². The summed E-state index contributed by atoms with van der Waals surface area (Å²) in [6, 6.07) is 40.4. The third kappa shape index (κ3) is 17.7. The van der Waals surface area contributed by atoms with E-state index in [1.807, 2.05) is 84.9 Å². The van der Waals surface area contributed by atoms with Gasteiger partial charge in [-0.2, -0.15) is 0 Å². The molecule has 2 heterocycles. The lowest BCUT2D eigenvalue weighted by Crippen LogP contribution is -2.52. The second kappa shape index (κ2) is 39.4. The highest BCUT2D eigenvalue weighted by atomic mass is 16.6. The van der Waals surface area contributed by atoms with Gasteiger partial charge >= 0.3 is 0 Å². The Morgan fingerprint density at radius 2 is 0.600 bits per heavy atom. The van der Waals surface area contributed by atoms with E-state index >= 15 is 0 Å². The Kier molecular flexibility index (Phi) is 30.0. The second-order valence-corrected chi connectivity index (χ2v) is 30.0. The molecule has 0 radical (unpaired) electrons. The number of rotatable bonds is 48. The number of amides is 2.